The van der Waals surface area contributed by atoms with E-state index in [0.717, 1.165) is 24.4 Å². The van der Waals surface area contributed by atoms with Crippen LogP contribution in [0.25, 0.3) is 0 Å². The van der Waals surface area contributed by atoms with Gasteiger partial charge in [0.25, 0.3) is 0 Å². The molecule has 0 saturated carbocycles. The molecule has 0 radical (unpaired) electrons. The van der Waals surface area contributed by atoms with Crippen LogP contribution in [0.2, 0.25) is 0 Å². The van der Waals surface area contributed by atoms with E-state index in [4.69, 9.17) is 9.15 Å². The summed E-state index contributed by atoms with van der Waals surface area (Å²) >= 11 is 0. The molecule has 0 bridgehead atoms. The van der Waals surface area contributed by atoms with Crippen molar-refractivity contribution >= 4 is 11.7 Å². The van der Waals surface area contributed by atoms with Crippen molar-refractivity contribution in [1.29, 1.82) is 0 Å². The number of nitrogens with zero attached hydrogens (tertiary/aromatic N) is 3. The number of nitrogens with one attached hydrogen (secondary N) is 1. The van der Waals surface area contributed by atoms with E-state index in [1.165, 1.54) is 0 Å². The van der Waals surface area contributed by atoms with Crippen LogP contribution in [-0.4, -0.2) is 30.9 Å². The third-order valence-electron chi connectivity index (χ3n) is 2.91. The topological polar surface area (TPSA) is 63.4 Å². The molecule has 0 aliphatic carbocycles. The molecule has 0 atom stereocenters. The fraction of sp³-hybridized carbons (Fsp3) is 0.429. The second-order valence-electron chi connectivity index (χ2n) is 4.41. The molecule has 0 aliphatic heterocycles. The van der Waals surface area contributed by atoms with Gasteiger partial charge in [-0.25, -0.2) is 0 Å². The number of benzene rings is 1. The molecule has 6 nitrogen and oxygen atoms in total. The Bertz CT molecular complexity index is 524. The molecular formula is C14H20N4O2. The molecule has 2 rings (SSSR count). The van der Waals surface area contributed by atoms with E-state index in [9.17, 15) is 0 Å². The first-order valence-electron chi connectivity index (χ1n) is 6.65. The highest BCUT2D eigenvalue weighted by atomic mass is 16.5. The Morgan fingerprint density at radius 2 is 2.00 bits per heavy atom. The maximum atomic E-state index is 5.61. The molecular weight excluding hydrogens is 256 g/mol. The predicted octanol–water partition coefficient (Wildman–Crippen LogP) is 2.35. The number of methoxy groups -OCH3 is 1. The zero-order valence-corrected chi connectivity index (χ0v) is 12.1. The number of rotatable bonds is 7. The smallest absolute Gasteiger partial charge is 0.322 e. The van der Waals surface area contributed by atoms with E-state index < -0.39 is 0 Å². The minimum Gasteiger partial charge on any atom is -0.497 e. The Kier molecular flexibility index (Phi) is 4.95. The Balaban J connectivity index is 2.02. The van der Waals surface area contributed by atoms with Crippen LogP contribution in [0.3, 0.4) is 0 Å². The molecule has 0 amide bonds. The summed E-state index contributed by atoms with van der Waals surface area (Å²) in [6.45, 7) is 3.65. The maximum absolute atomic E-state index is 5.61. The lowest BCUT2D eigenvalue weighted by atomic mass is 10.3. The highest BCUT2D eigenvalue weighted by molar-refractivity contribution is 5.56. The molecule has 1 heterocycles. The average molecular weight is 276 g/mol. The average Bonchev–Trinajstić information content (AvgIpc) is 2.96. The number of ether oxygens (including phenoxy) is 1. The van der Waals surface area contributed by atoms with E-state index in [1.54, 1.807) is 7.11 Å². The summed E-state index contributed by atoms with van der Waals surface area (Å²) in [5.41, 5.74) is 0.961. The van der Waals surface area contributed by atoms with Gasteiger partial charge >= 0.3 is 6.01 Å². The van der Waals surface area contributed by atoms with Crippen LogP contribution in [0, 0.1) is 0 Å². The minimum atomic E-state index is 0.475. The van der Waals surface area contributed by atoms with Crippen molar-refractivity contribution in [2.45, 2.75) is 19.9 Å². The van der Waals surface area contributed by atoms with E-state index in [0.29, 0.717) is 18.5 Å². The van der Waals surface area contributed by atoms with Crippen LogP contribution in [0.5, 0.6) is 5.75 Å². The molecule has 20 heavy (non-hydrogen) atoms. The minimum absolute atomic E-state index is 0.475. The van der Waals surface area contributed by atoms with E-state index in [1.807, 2.05) is 36.2 Å². The second-order valence-corrected chi connectivity index (χ2v) is 4.41. The maximum Gasteiger partial charge on any atom is 0.322 e. The summed E-state index contributed by atoms with van der Waals surface area (Å²) in [5.74, 6) is 1.41. The standard InChI is InChI=1S/C14H20N4O2/c1-4-9-15-10-13-16-17-14(20-13)18(2)11-5-7-12(19-3)8-6-11/h5-8,15H,4,9-10H2,1-3H3. The van der Waals surface area contributed by atoms with Crippen molar-refractivity contribution in [1.82, 2.24) is 15.5 Å². The first-order chi connectivity index (χ1) is 9.74. The summed E-state index contributed by atoms with van der Waals surface area (Å²) in [6.07, 6.45) is 1.08. The first kappa shape index (κ1) is 14.3. The Hall–Kier alpha value is -2.08. The summed E-state index contributed by atoms with van der Waals surface area (Å²) in [4.78, 5) is 1.84. The molecule has 2 aromatic rings. The molecule has 1 aromatic carbocycles. The third-order valence-corrected chi connectivity index (χ3v) is 2.91. The van der Waals surface area contributed by atoms with Crippen molar-refractivity contribution < 1.29 is 9.15 Å². The summed E-state index contributed by atoms with van der Waals surface area (Å²) in [6, 6.07) is 8.15. The normalized spacial score (nSPS) is 10.6. The highest BCUT2D eigenvalue weighted by Crippen LogP contribution is 2.24. The van der Waals surface area contributed by atoms with Gasteiger partial charge in [0.1, 0.15) is 5.75 Å². The molecule has 6 heteroatoms. The van der Waals surface area contributed by atoms with E-state index in [-0.39, 0.29) is 0 Å². The van der Waals surface area contributed by atoms with Crippen molar-refractivity contribution in [3.8, 4) is 5.75 Å². The lowest BCUT2D eigenvalue weighted by Crippen LogP contribution is -2.13. The molecule has 0 unspecified atom stereocenters. The summed E-state index contributed by atoms with van der Waals surface area (Å²) in [5, 5.41) is 11.3. The fourth-order valence-corrected chi connectivity index (χ4v) is 1.74. The zero-order valence-electron chi connectivity index (χ0n) is 12.1. The van der Waals surface area contributed by atoms with Gasteiger partial charge in [-0.1, -0.05) is 12.0 Å². The zero-order chi connectivity index (χ0) is 14.4. The SMILES string of the molecule is CCCNCc1nnc(N(C)c2ccc(OC)cc2)o1. The van der Waals surface area contributed by atoms with Crippen molar-refractivity contribution in [3.63, 3.8) is 0 Å². The first-order valence-corrected chi connectivity index (χ1v) is 6.65. The van der Waals surface area contributed by atoms with Crippen LogP contribution in [-0.2, 0) is 6.54 Å². The second kappa shape index (κ2) is 6.91. The van der Waals surface area contributed by atoms with E-state index >= 15 is 0 Å². The third kappa shape index (κ3) is 3.48. The monoisotopic (exact) mass is 276 g/mol. The van der Waals surface area contributed by atoms with Crippen LogP contribution in [0.4, 0.5) is 11.7 Å². The van der Waals surface area contributed by atoms with Crippen LogP contribution >= 0.6 is 0 Å². The molecule has 1 aromatic heterocycles. The molecule has 0 fully saturated rings. The Morgan fingerprint density at radius 3 is 2.65 bits per heavy atom. The molecule has 0 saturated heterocycles. The van der Waals surface area contributed by atoms with Crippen LogP contribution < -0.4 is 15.0 Å². The largest absolute Gasteiger partial charge is 0.497 e. The molecule has 1 N–H and O–H groups in total. The van der Waals surface area contributed by atoms with Gasteiger partial charge in [0.05, 0.1) is 13.7 Å². The van der Waals surface area contributed by atoms with Crippen molar-refractivity contribution in [2.24, 2.45) is 0 Å². The number of aromatic nitrogens is 2. The van der Waals surface area contributed by atoms with Crippen LogP contribution in [0.15, 0.2) is 28.7 Å². The van der Waals surface area contributed by atoms with Gasteiger partial charge in [0.2, 0.25) is 5.89 Å². The van der Waals surface area contributed by atoms with Crippen molar-refractivity contribution in [2.75, 3.05) is 25.6 Å². The van der Waals surface area contributed by atoms with Gasteiger partial charge in [-0.2, -0.15) is 0 Å². The Morgan fingerprint density at radius 1 is 1.25 bits per heavy atom. The lowest BCUT2D eigenvalue weighted by Gasteiger charge is -2.14. The Labute approximate surface area is 118 Å². The quantitative estimate of drug-likeness (QED) is 0.783. The number of anilines is 2. The predicted molar refractivity (Wildman–Crippen MR) is 77.4 cm³/mol. The van der Waals surface area contributed by atoms with Gasteiger partial charge in [0.15, 0.2) is 0 Å². The fourth-order valence-electron chi connectivity index (χ4n) is 1.74. The van der Waals surface area contributed by atoms with Crippen LogP contribution in [0.1, 0.15) is 19.2 Å². The van der Waals surface area contributed by atoms with Crippen molar-refractivity contribution in [3.05, 3.63) is 30.2 Å². The van der Waals surface area contributed by atoms with Gasteiger partial charge in [-0.15, -0.1) is 5.10 Å². The lowest BCUT2D eigenvalue weighted by molar-refractivity contribution is 0.415. The molecule has 0 spiro atoms. The molecule has 108 valence electrons. The van der Waals surface area contributed by atoms with Gasteiger partial charge < -0.3 is 14.5 Å². The van der Waals surface area contributed by atoms with Gasteiger partial charge in [-0.05, 0) is 37.2 Å². The highest BCUT2D eigenvalue weighted by Gasteiger charge is 2.12. The number of hydrogen-bond donors (Lipinski definition) is 1. The number of hydrogen-bond acceptors (Lipinski definition) is 6. The molecule has 0 aliphatic rings. The van der Waals surface area contributed by atoms with Gasteiger partial charge in [0, 0.05) is 12.7 Å². The van der Waals surface area contributed by atoms with Gasteiger partial charge in [-0.3, -0.25) is 4.90 Å². The summed E-state index contributed by atoms with van der Waals surface area (Å²) in [7, 11) is 3.53. The summed E-state index contributed by atoms with van der Waals surface area (Å²) < 4.78 is 10.7. The van der Waals surface area contributed by atoms with E-state index in [2.05, 4.69) is 22.4 Å².